The lowest BCUT2D eigenvalue weighted by Crippen LogP contribution is -2.16. The number of thioether (sulfide) groups is 1. The molecule has 0 saturated carbocycles. The highest BCUT2D eigenvalue weighted by Gasteiger charge is 2.08. The number of aliphatic hydroxyl groups excluding tert-OH is 1. The Bertz CT molecular complexity index is 314. The van der Waals surface area contributed by atoms with Crippen molar-refractivity contribution in [2.45, 2.75) is 31.6 Å². The van der Waals surface area contributed by atoms with Crippen LogP contribution in [0.1, 0.15) is 20.3 Å². The molecular formula is C13H19ClO2S. The number of rotatable bonds is 7. The van der Waals surface area contributed by atoms with Gasteiger partial charge in [-0.2, -0.15) is 11.8 Å². The maximum absolute atomic E-state index is 9.32. The molecule has 2 unspecified atom stereocenters. The Morgan fingerprint density at radius 2 is 1.94 bits per heavy atom. The third kappa shape index (κ3) is 6.20. The van der Waals surface area contributed by atoms with Gasteiger partial charge in [-0.1, -0.05) is 18.5 Å². The molecule has 0 bridgehead atoms. The van der Waals surface area contributed by atoms with Crippen molar-refractivity contribution in [1.29, 1.82) is 0 Å². The van der Waals surface area contributed by atoms with Crippen LogP contribution in [0.3, 0.4) is 0 Å². The van der Waals surface area contributed by atoms with Crippen molar-refractivity contribution in [1.82, 2.24) is 0 Å². The lowest BCUT2D eigenvalue weighted by Gasteiger charge is -2.13. The summed E-state index contributed by atoms with van der Waals surface area (Å²) in [6, 6.07) is 7.38. The van der Waals surface area contributed by atoms with Crippen LogP contribution in [0.2, 0.25) is 5.02 Å². The molecule has 0 radical (unpaired) electrons. The van der Waals surface area contributed by atoms with Crippen LogP contribution in [-0.4, -0.2) is 28.8 Å². The zero-order valence-corrected chi connectivity index (χ0v) is 11.8. The topological polar surface area (TPSA) is 29.5 Å². The molecule has 0 fully saturated rings. The highest BCUT2D eigenvalue weighted by atomic mass is 35.5. The van der Waals surface area contributed by atoms with Crippen LogP contribution in [-0.2, 0) is 0 Å². The van der Waals surface area contributed by atoms with E-state index in [-0.39, 0.29) is 11.4 Å². The van der Waals surface area contributed by atoms with Crippen molar-refractivity contribution in [3.8, 4) is 5.75 Å². The third-order valence-electron chi connectivity index (χ3n) is 2.43. The van der Waals surface area contributed by atoms with Crippen LogP contribution in [0.25, 0.3) is 0 Å². The Morgan fingerprint density at radius 1 is 1.29 bits per heavy atom. The number of ether oxygens (including phenoxy) is 1. The first kappa shape index (κ1) is 14.7. The molecule has 0 aliphatic heterocycles. The number of hydrogen-bond acceptors (Lipinski definition) is 3. The van der Waals surface area contributed by atoms with E-state index in [2.05, 4.69) is 0 Å². The van der Waals surface area contributed by atoms with Crippen molar-refractivity contribution in [2.75, 3.05) is 12.4 Å². The van der Waals surface area contributed by atoms with Gasteiger partial charge in [0.1, 0.15) is 5.75 Å². The van der Waals surface area contributed by atoms with Crippen LogP contribution in [0, 0.1) is 0 Å². The summed E-state index contributed by atoms with van der Waals surface area (Å²) in [7, 11) is 0. The zero-order chi connectivity index (χ0) is 12.7. The minimum atomic E-state index is -0.253. The normalized spacial score (nSPS) is 14.4. The Balaban J connectivity index is 2.10. The molecule has 0 aliphatic carbocycles. The molecule has 0 aliphatic rings. The average Bonchev–Trinajstić information content (AvgIpc) is 2.30. The molecule has 0 saturated heterocycles. The first-order chi connectivity index (χ1) is 8.09. The molecule has 96 valence electrons. The minimum Gasteiger partial charge on any atom is -0.494 e. The first-order valence-electron chi connectivity index (χ1n) is 5.77. The van der Waals surface area contributed by atoms with E-state index in [1.165, 1.54) is 0 Å². The number of benzene rings is 1. The second-order valence-corrected chi connectivity index (χ2v) is 5.89. The summed E-state index contributed by atoms with van der Waals surface area (Å²) >= 11 is 7.55. The monoisotopic (exact) mass is 274 g/mol. The van der Waals surface area contributed by atoms with Gasteiger partial charge in [0.25, 0.3) is 0 Å². The molecule has 0 aromatic heterocycles. The van der Waals surface area contributed by atoms with Gasteiger partial charge in [0, 0.05) is 10.3 Å². The molecular weight excluding hydrogens is 256 g/mol. The van der Waals surface area contributed by atoms with Gasteiger partial charge in [-0.05, 0) is 43.4 Å². The van der Waals surface area contributed by atoms with Crippen LogP contribution in [0.4, 0.5) is 0 Å². The van der Waals surface area contributed by atoms with Gasteiger partial charge in [-0.3, -0.25) is 0 Å². The van der Waals surface area contributed by atoms with Gasteiger partial charge in [-0.25, -0.2) is 0 Å². The van der Waals surface area contributed by atoms with E-state index in [0.29, 0.717) is 6.61 Å². The van der Waals surface area contributed by atoms with E-state index >= 15 is 0 Å². The fourth-order valence-corrected chi connectivity index (χ4v) is 2.25. The lowest BCUT2D eigenvalue weighted by atomic mass is 10.3. The molecule has 4 heteroatoms. The lowest BCUT2D eigenvalue weighted by molar-refractivity contribution is 0.196. The van der Waals surface area contributed by atoms with E-state index in [1.54, 1.807) is 11.8 Å². The Hall–Kier alpha value is -0.380. The maximum atomic E-state index is 9.32. The number of halogens is 1. The number of aliphatic hydroxyl groups is 1. The van der Waals surface area contributed by atoms with Gasteiger partial charge in [0.2, 0.25) is 0 Å². The quantitative estimate of drug-likeness (QED) is 0.770. The summed E-state index contributed by atoms with van der Waals surface area (Å²) in [5, 5.41) is 10.3. The zero-order valence-electron chi connectivity index (χ0n) is 10.2. The minimum absolute atomic E-state index is 0.253. The fourth-order valence-electron chi connectivity index (χ4n) is 1.19. The summed E-state index contributed by atoms with van der Waals surface area (Å²) < 4.78 is 5.57. The molecule has 17 heavy (non-hydrogen) atoms. The smallest absolute Gasteiger partial charge is 0.119 e. The van der Waals surface area contributed by atoms with Gasteiger partial charge in [-0.15, -0.1) is 0 Å². The van der Waals surface area contributed by atoms with Crippen LogP contribution >= 0.6 is 23.4 Å². The molecule has 1 aromatic rings. The van der Waals surface area contributed by atoms with Gasteiger partial charge in [0.15, 0.2) is 0 Å². The standard InChI is InChI=1S/C13H19ClO2S/c1-10(15)11(2)17-9-3-8-16-13-6-4-12(14)5-7-13/h4-7,10-11,15H,3,8-9H2,1-2H3. The van der Waals surface area contributed by atoms with E-state index in [4.69, 9.17) is 16.3 Å². The first-order valence-corrected chi connectivity index (χ1v) is 7.20. The van der Waals surface area contributed by atoms with Gasteiger partial charge >= 0.3 is 0 Å². The molecule has 0 amide bonds. The van der Waals surface area contributed by atoms with Crippen molar-refractivity contribution in [2.24, 2.45) is 0 Å². The van der Waals surface area contributed by atoms with Gasteiger partial charge < -0.3 is 9.84 Å². The third-order valence-corrected chi connectivity index (χ3v) is 4.13. The van der Waals surface area contributed by atoms with E-state index in [9.17, 15) is 5.11 Å². The molecule has 0 heterocycles. The second-order valence-electron chi connectivity index (χ2n) is 3.97. The van der Waals surface area contributed by atoms with Gasteiger partial charge in [0.05, 0.1) is 12.7 Å². The number of hydrogen-bond donors (Lipinski definition) is 1. The molecule has 1 N–H and O–H groups in total. The van der Waals surface area contributed by atoms with Crippen LogP contribution in [0.15, 0.2) is 24.3 Å². The summed E-state index contributed by atoms with van der Waals surface area (Å²) in [4.78, 5) is 0. The van der Waals surface area contributed by atoms with E-state index in [0.717, 1.165) is 22.9 Å². The highest BCUT2D eigenvalue weighted by molar-refractivity contribution is 7.99. The summed E-state index contributed by atoms with van der Waals surface area (Å²) in [6.45, 7) is 4.55. The molecule has 2 nitrogen and oxygen atoms in total. The van der Waals surface area contributed by atoms with Crippen LogP contribution < -0.4 is 4.74 Å². The SMILES string of the molecule is CC(O)C(C)SCCCOc1ccc(Cl)cc1. The highest BCUT2D eigenvalue weighted by Crippen LogP contribution is 2.17. The van der Waals surface area contributed by atoms with Crippen molar-refractivity contribution in [3.05, 3.63) is 29.3 Å². The largest absolute Gasteiger partial charge is 0.494 e. The molecule has 1 aromatic carbocycles. The predicted molar refractivity (Wildman–Crippen MR) is 75.2 cm³/mol. The fraction of sp³-hybridized carbons (Fsp3) is 0.538. The van der Waals surface area contributed by atoms with Crippen LogP contribution in [0.5, 0.6) is 5.75 Å². The van der Waals surface area contributed by atoms with E-state index < -0.39 is 0 Å². The summed E-state index contributed by atoms with van der Waals surface area (Å²) in [5.41, 5.74) is 0. The molecule has 0 spiro atoms. The predicted octanol–water partition coefficient (Wildman–Crippen LogP) is 3.61. The summed E-state index contributed by atoms with van der Waals surface area (Å²) in [6.07, 6.45) is 0.724. The van der Waals surface area contributed by atoms with E-state index in [1.807, 2.05) is 38.1 Å². The average molecular weight is 275 g/mol. The second kappa shape index (κ2) is 7.85. The van der Waals surface area contributed by atoms with Crippen molar-refractivity contribution < 1.29 is 9.84 Å². The van der Waals surface area contributed by atoms with Crippen molar-refractivity contribution >= 4 is 23.4 Å². The summed E-state index contributed by atoms with van der Waals surface area (Å²) in [5.74, 6) is 1.85. The van der Waals surface area contributed by atoms with Crippen molar-refractivity contribution in [3.63, 3.8) is 0 Å². The molecule has 1 rings (SSSR count). The Labute approximate surface area is 112 Å². The Morgan fingerprint density at radius 3 is 2.53 bits per heavy atom. The maximum Gasteiger partial charge on any atom is 0.119 e. The Kier molecular flexibility index (Phi) is 6.78. The molecule has 2 atom stereocenters.